The van der Waals surface area contributed by atoms with E-state index < -0.39 is 0 Å². The first kappa shape index (κ1) is 9.47. The predicted octanol–water partition coefficient (Wildman–Crippen LogP) is 4.38. The van der Waals surface area contributed by atoms with Crippen LogP contribution < -0.4 is 0 Å². The second kappa shape index (κ2) is 3.97. The molecule has 1 heteroatoms. The van der Waals surface area contributed by atoms with Gasteiger partial charge in [0.1, 0.15) is 0 Å². The molecule has 0 nitrogen and oxygen atoms in total. The maximum atomic E-state index is 3.83. The number of hydrogen-bond acceptors (Lipinski definition) is 0. The molecule has 0 spiro atoms. The van der Waals surface area contributed by atoms with Crippen LogP contribution in [-0.2, 0) is 5.33 Å². The van der Waals surface area contributed by atoms with Crippen molar-refractivity contribution in [3.8, 4) is 0 Å². The quantitative estimate of drug-likeness (QED) is 0.691. The van der Waals surface area contributed by atoms with Gasteiger partial charge in [0.2, 0.25) is 0 Å². The molecule has 0 aliphatic heterocycles. The zero-order valence-electron chi connectivity index (χ0n) is 7.83. The van der Waals surface area contributed by atoms with E-state index in [0.717, 1.165) is 5.33 Å². The molecule has 2 aromatic rings. The van der Waals surface area contributed by atoms with Gasteiger partial charge in [-0.1, -0.05) is 52.9 Å². The van der Waals surface area contributed by atoms with Crippen molar-refractivity contribution < 1.29 is 0 Å². The summed E-state index contributed by atoms with van der Waals surface area (Å²) >= 11 is 3.49. The van der Waals surface area contributed by atoms with Crippen LogP contribution in [0.1, 0.15) is 11.1 Å². The van der Waals surface area contributed by atoms with Crippen LogP contribution in [0.25, 0.3) is 16.8 Å². The Hall–Kier alpha value is -1.08. The summed E-state index contributed by atoms with van der Waals surface area (Å²) in [6.07, 6.45) is 1.91. The van der Waals surface area contributed by atoms with Gasteiger partial charge in [-0.3, -0.25) is 0 Å². The molecular weight excluding hydrogens is 236 g/mol. The molecule has 0 amide bonds. The van der Waals surface area contributed by atoms with Gasteiger partial charge in [-0.05, 0) is 34.0 Å². The number of benzene rings is 2. The molecule has 0 aromatic heterocycles. The standard InChI is InChI=1S/C13H11Br/c1-2-10-7-11-5-3-4-6-12(11)8-13(10)9-14/h2-8H,1,9H2. The summed E-state index contributed by atoms with van der Waals surface area (Å²) in [5.41, 5.74) is 2.50. The van der Waals surface area contributed by atoms with E-state index in [-0.39, 0.29) is 0 Å². The molecule has 0 radical (unpaired) electrons. The molecule has 0 atom stereocenters. The summed E-state index contributed by atoms with van der Waals surface area (Å²) in [7, 11) is 0. The van der Waals surface area contributed by atoms with Crippen molar-refractivity contribution >= 4 is 32.8 Å². The van der Waals surface area contributed by atoms with Crippen LogP contribution in [0.5, 0.6) is 0 Å². The second-order valence-corrected chi connectivity index (χ2v) is 3.80. The molecule has 0 heterocycles. The van der Waals surface area contributed by atoms with Crippen LogP contribution in [0.2, 0.25) is 0 Å². The maximum Gasteiger partial charge on any atom is 0.0289 e. The maximum absolute atomic E-state index is 3.83. The van der Waals surface area contributed by atoms with Crippen molar-refractivity contribution in [3.63, 3.8) is 0 Å². The normalized spacial score (nSPS) is 10.4. The van der Waals surface area contributed by atoms with Crippen molar-refractivity contribution in [2.24, 2.45) is 0 Å². The molecule has 0 aliphatic rings. The highest BCUT2D eigenvalue weighted by atomic mass is 79.9. The van der Waals surface area contributed by atoms with Crippen molar-refractivity contribution in [2.75, 3.05) is 0 Å². The van der Waals surface area contributed by atoms with Crippen LogP contribution in [0, 0.1) is 0 Å². The Balaban J connectivity index is 2.75. The summed E-state index contributed by atoms with van der Waals surface area (Å²) in [6.45, 7) is 3.83. The van der Waals surface area contributed by atoms with Gasteiger partial charge in [-0.2, -0.15) is 0 Å². The van der Waals surface area contributed by atoms with Gasteiger partial charge in [0.15, 0.2) is 0 Å². The van der Waals surface area contributed by atoms with E-state index in [1.807, 2.05) is 6.08 Å². The first-order valence-corrected chi connectivity index (χ1v) is 5.67. The number of hydrogen-bond donors (Lipinski definition) is 0. The molecule has 0 bridgehead atoms. The Labute approximate surface area is 92.4 Å². The zero-order valence-corrected chi connectivity index (χ0v) is 9.42. The van der Waals surface area contributed by atoms with Crippen LogP contribution in [0.4, 0.5) is 0 Å². The molecule has 0 saturated heterocycles. The summed E-state index contributed by atoms with van der Waals surface area (Å²) in [4.78, 5) is 0. The topological polar surface area (TPSA) is 0 Å². The van der Waals surface area contributed by atoms with Gasteiger partial charge in [0.05, 0.1) is 0 Å². The van der Waals surface area contributed by atoms with Crippen LogP contribution >= 0.6 is 15.9 Å². The minimum absolute atomic E-state index is 0.874. The monoisotopic (exact) mass is 246 g/mol. The molecule has 14 heavy (non-hydrogen) atoms. The molecular formula is C13H11Br. The average Bonchev–Trinajstić information content (AvgIpc) is 2.27. The van der Waals surface area contributed by atoms with Crippen LogP contribution in [-0.4, -0.2) is 0 Å². The number of alkyl halides is 1. The lowest BCUT2D eigenvalue weighted by Crippen LogP contribution is -1.84. The third-order valence-corrected chi connectivity index (χ3v) is 2.98. The minimum atomic E-state index is 0.874. The molecule has 70 valence electrons. The van der Waals surface area contributed by atoms with E-state index in [0.29, 0.717) is 0 Å². The van der Waals surface area contributed by atoms with Gasteiger partial charge < -0.3 is 0 Å². The van der Waals surface area contributed by atoms with Crippen molar-refractivity contribution in [2.45, 2.75) is 5.33 Å². The SMILES string of the molecule is C=Cc1cc2ccccc2cc1CBr. The lowest BCUT2D eigenvalue weighted by Gasteiger charge is -2.05. The third kappa shape index (κ3) is 1.60. The highest BCUT2D eigenvalue weighted by molar-refractivity contribution is 9.08. The van der Waals surface area contributed by atoms with Crippen LogP contribution in [0.3, 0.4) is 0 Å². The lowest BCUT2D eigenvalue weighted by atomic mass is 10.0. The van der Waals surface area contributed by atoms with E-state index in [4.69, 9.17) is 0 Å². The van der Waals surface area contributed by atoms with E-state index in [2.05, 4.69) is 58.9 Å². The number of fused-ring (bicyclic) bond motifs is 1. The Bertz CT molecular complexity index is 472. The Morgan fingerprint density at radius 2 is 1.79 bits per heavy atom. The fourth-order valence-corrected chi connectivity index (χ4v) is 2.10. The zero-order chi connectivity index (χ0) is 9.97. The van der Waals surface area contributed by atoms with E-state index in [1.54, 1.807) is 0 Å². The van der Waals surface area contributed by atoms with Gasteiger partial charge in [-0.25, -0.2) is 0 Å². The lowest BCUT2D eigenvalue weighted by molar-refractivity contribution is 1.44. The number of halogens is 1. The molecule has 0 fully saturated rings. The van der Waals surface area contributed by atoms with Crippen molar-refractivity contribution in [1.82, 2.24) is 0 Å². The van der Waals surface area contributed by atoms with Gasteiger partial charge in [0, 0.05) is 5.33 Å². The smallest absolute Gasteiger partial charge is 0.0289 e. The average molecular weight is 247 g/mol. The largest absolute Gasteiger partial charge is 0.0985 e. The number of rotatable bonds is 2. The highest BCUT2D eigenvalue weighted by Gasteiger charge is 2.00. The fraction of sp³-hybridized carbons (Fsp3) is 0.0769. The van der Waals surface area contributed by atoms with Gasteiger partial charge in [-0.15, -0.1) is 0 Å². The first-order valence-electron chi connectivity index (χ1n) is 4.55. The van der Waals surface area contributed by atoms with E-state index >= 15 is 0 Å². The fourth-order valence-electron chi connectivity index (χ4n) is 1.61. The summed E-state index contributed by atoms with van der Waals surface area (Å²) in [5.74, 6) is 0. The molecule has 0 N–H and O–H groups in total. The summed E-state index contributed by atoms with van der Waals surface area (Å²) in [6, 6.07) is 12.8. The van der Waals surface area contributed by atoms with Crippen LogP contribution in [0.15, 0.2) is 43.0 Å². The Morgan fingerprint density at radius 3 is 2.36 bits per heavy atom. The second-order valence-electron chi connectivity index (χ2n) is 3.24. The Kier molecular flexibility index (Phi) is 2.69. The Morgan fingerprint density at radius 1 is 1.14 bits per heavy atom. The van der Waals surface area contributed by atoms with E-state index in [1.165, 1.54) is 21.9 Å². The first-order chi connectivity index (χ1) is 6.85. The third-order valence-electron chi connectivity index (χ3n) is 2.37. The molecule has 0 unspecified atom stereocenters. The van der Waals surface area contributed by atoms with Crippen molar-refractivity contribution in [1.29, 1.82) is 0 Å². The van der Waals surface area contributed by atoms with E-state index in [9.17, 15) is 0 Å². The molecule has 2 aromatic carbocycles. The highest BCUT2D eigenvalue weighted by Crippen LogP contribution is 2.22. The minimum Gasteiger partial charge on any atom is -0.0985 e. The van der Waals surface area contributed by atoms with Crippen molar-refractivity contribution in [3.05, 3.63) is 54.1 Å². The molecule has 0 saturated carbocycles. The van der Waals surface area contributed by atoms with Gasteiger partial charge in [0.25, 0.3) is 0 Å². The summed E-state index contributed by atoms with van der Waals surface area (Å²) in [5, 5.41) is 3.43. The molecule has 2 rings (SSSR count). The van der Waals surface area contributed by atoms with Gasteiger partial charge >= 0.3 is 0 Å². The summed E-state index contributed by atoms with van der Waals surface area (Å²) < 4.78 is 0. The predicted molar refractivity (Wildman–Crippen MR) is 66.7 cm³/mol. The molecule has 0 aliphatic carbocycles.